The molecule has 2 aromatic rings. The van der Waals surface area contributed by atoms with Gasteiger partial charge < -0.3 is 4.74 Å². The number of hydrogen-bond acceptors (Lipinski definition) is 4. The van der Waals surface area contributed by atoms with Crippen LogP contribution in [0.3, 0.4) is 0 Å². The lowest BCUT2D eigenvalue weighted by Gasteiger charge is -2.24. The third-order valence-corrected chi connectivity index (χ3v) is 5.75. The van der Waals surface area contributed by atoms with Crippen LogP contribution in [-0.4, -0.2) is 19.6 Å². The zero-order valence-electron chi connectivity index (χ0n) is 13.7. The van der Waals surface area contributed by atoms with Gasteiger partial charge in [-0.25, -0.2) is 8.42 Å². The number of aryl methyl sites for hydroxylation is 1. The molecule has 0 heterocycles. The number of sulfone groups is 1. The van der Waals surface area contributed by atoms with Gasteiger partial charge in [-0.05, 0) is 24.6 Å². The van der Waals surface area contributed by atoms with Crippen LogP contribution >= 0.6 is 0 Å². The molecule has 0 fully saturated rings. The molecule has 0 aliphatic rings. The fraction of sp³-hybridized carbons (Fsp3) is 0.211. The molecule has 0 aliphatic carbocycles. The molecule has 2 aromatic carbocycles. The van der Waals surface area contributed by atoms with Crippen LogP contribution in [-0.2, 0) is 19.4 Å². The van der Waals surface area contributed by atoms with Crippen molar-refractivity contribution in [3.8, 4) is 0 Å². The third kappa shape index (κ3) is 3.92. The van der Waals surface area contributed by atoms with Gasteiger partial charge in [0, 0.05) is 6.92 Å². The number of rotatable bonds is 6. The highest BCUT2D eigenvalue weighted by Crippen LogP contribution is 2.31. The van der Waals surface area contributed by atoms with Gasteiger partial charge in [0.25, 0.3) is 0 Å². The van der Waals surface area contributed by atoms with E-state index in [0.717, 1.165) is 5.56 Å². The van der Waals surface area contributed by atoms with Gasteiger partial charge in [0.15, 0.2) is 9.84 Å². The number of benzene rings is 2. The lowest BCUT2D eigenvalue weighted by atomic mass is 10.1. The van der Waals surface area contributed by atoms with Crippen LogP contribution in [0.5, 0.6) is 0 Å². The maximum absolute atomic E-state index is 13.0. The molecular formula is C19H20O4S. The first-order valence-corrected chi connectivity index (χ1v) is 9.06. The van der Waals surface area contributed by atoms with Gasteiger partial charge in [-0.3, -0.25) is 4.79 Å². The minimum Gasteiger partial charge on any atom is -0.456 e. The van der Waals surface area contributed by atoms with E-state index in [1.165, 1.54) is 13.0 Å². The summed E-state index contributed by atoms with van der Waals surface area (Å²) in [6.07, 6.45) is 0.364. The lowest BCUT2D eigenvalue weighted by molar-refractivity contribution is -0.146. The van der Waals surface area contributed by atoms with E-state index in [0.29, 0.717) is 5.56 Å². The van der Waals surface area contributed by atoms with E-state index >= 15 is 0 Å². The van der Waals surface area contributed by atoms with Crippen molar-refractivity contribution in [1.82, 2.24) is 0 Å². The van der Waals surface area contributed by atoms with Crippen molar-refractivity contribution in [2.75, 3.05) is 0 Å². The lowest BCUT2D eigenvalue weighted by Crippen LogP contribution is -2.29. The molecule has 0 radical (unpaired) electrons. The predicted molar refractivity (Wildman–Crippen MR) is 93.3 cm³/mol. The molecule has 0 aromatic heterocycles. The van der Waals surface area contributed by atoms with Gasteiger partial charge in [0.05, 0.1) is 4.90 Å². The van der Waals surface area contributed by atoms with Gasteiger partial charge in [0.1, 0.15) is 11.4 Å². The molecule has 24 heavy (non-hydrogen) atoms. The van der Waals surface area contributed by atoms with Crippen LogP contribution in [0.25, 0.3) is 0 Å². The first kappa shape index (κ1) is 17.9. The fourth-order valence-corrected chi connectivity index (χ4v) is 4.07. The molecule has 0 saturated carbocycles. The molecule has 0 amide bonds. The summed E-state index contributed by atoms with van der Waals surface area (Å²) >= 11 is 0. The zero-order valence-corrected chi connectivity index (χ0v) is 14.5. The summed E-state index contributed by atoms with van der Waals surface area (Å²) in [6, 6.07) is 15.4. The Morgan fingerprint density at radius 3 is 2.17 bits per heavy atom. The molecule has 0 saturated heterocycles. The molecule has 126 valence electrons. The average Bonchev–Trinajstić information content (AvgIpc) is 2.55. The Balaban J connectivity index is 2.50. The Morgan fingerprint density at radius 1 is 1.08 bits per heavy atom. The summed E-state index contributed by atoms with van der Waals surface area (Å²) < 4.78 is 31.3. The van der Waals surface area contributed by atoms with Crippen LogP contribution < -0.4 is 0 Å². The first-order valence-electron chi connectivity index (χ1n) is 7.51. The SMILES string of the molecule is C=C[C@@H]([C@H](OC(C)=O)c1ccccc1)S(=O)(=O)c1ccc(C)cc1. The smallest absolute Gasteiger partial charge is 0.303 e. The summed E-state index contributed by atoms with van der Waals surface area (Å²) in [5, 5.41) is -1.08. The van der Waals surface area contributed by atoms with Crippen LogP contribution in [0, 0.1) is 6.92 Å². The van der Waals surface area contributed by atoms with Gasteiger partial charge >= 0.3 is 5.97 Å². The summed E-state index contributed by atoms with van der Waals surface area (Å²) in [5.74, 6) is -0.546. The van der Waals surface area contributed by atoms with E-state index in [9.17, 15) is 13.2 Å². The Kier molecular flexibility index (Phi) is 5.57. The van der Waals surface area contributed by atoms with Gasteiger partial charge in [-0.1, -0.05) is 54.1 Å². The maximum atomic E-state index is 13.0. The highest BCUT2D eigenvalue weighted by Gasteiger charge is 2.35. The number of ether oxygens (including phenoxy) is 1. The monoisotopic (exact) mass is 344 g/mol. The summed E-state index contributed by atoms with van der Waals surface area (Å²) in [4.78, 5) is 11.7. The van der Waals surface area contributed by atoms with Crippen molar-refractivity contribution >= 4 is 15.8 Å². The van der Waals surface area contributed by atoms with Crippen LogP contribution in [0.15, 0.2) is 72.1 Å². The minimum absolute atomic E-state index is 0.172. The van der Waals surface area contributed by atoms with E-state index < -0.39 is 27.2 Å². The molecule has 0 aliphatic heterocycles. The predicted octanol–water partition coefficient (Wildman–Crippen LogP) is 3.63. The van der Waals surface area contributed by atoms with Gasteiger partial charge in [-0.15, -0.1) is 6.58 Å². The average molecular weight is 344 g/mol. The second-order valence-corrected chi connectivity index (χ2v) is 7.60. The molecular weight excluding hydrogens is 324 g/mol. The Bertz CT molecular complexity index is 808. The molecule has 0 unspecified atom stereocenters. The first-order chi connectivity index (χ1) is 11.4. The molecule has 2 rings (SSSR count). The summed E-state index contributed by atoms with van der Waals surface area (Å²) in [7, 11) is -3.76. The van der Waals surface area contributed by atoms with Crippen molar-refractivity contribution in [2.24, 2.45) is 0 Å². The summed E-state index contributed by atoms with van der Waals surface area (Å²) in [6.45, 7) is 6.79. The summed E-state index contributed by atoms with van der Waals surface area (Å²) in [5.41, 5.74) is 1.57. The van der Waals surface area contributed by atoms with Crippen molar-refractivity contribution in [3.05, 3.63) is 78.4 Å². The molecule has 4 nitrogen and oxygen atoms in total. The molecule has 5 heteroatoms. The molecule has 0 spiro atoms. The largest absolute Gasteiger partial charge is 0.456 e. The second kappa shape index (κ2) is 7.45. The number of esters is 1. The Hall–Kier alpha value is -2.40. The zero-order chi connectivity index (χ0) is 17.7. The highest BCUT2D eigenvalue weighted by molar-refractivity contribution is 7.92. The van der Waals surface area contributed by atoms with Crippen molar-refractivity contribution < 1.29 is 17.9 Å². The quantitative estimate of drug-likeness (QED) is 0.593. The third-order valence-electron chi connectivity index (χ3n) is 3.66. The highest BCUT2D eigenvalue weighted by atomic mass is 32.2. The molecule has 2 atom stereocenters. The molecule has 0 N–H and O–H groups in total. The topological polar surface area (TPSA) is 60.4 Å². The Morgan fingerprint density at radius 2 is 1.67 bits per heavy atom. The number of carbonyl (C=O) groups is 1. The fourth-order valence-electron chi connectivity index (χ4n) is 2.44. The van der Waals surface area contributed by atoms with Crippen LogP contribution in [0.4, 0.5) is 0 Å². The van der Waals surface area contributed by atoms with Gasteiger partial charge in [-0.2, -0.15) is 0 Å². The number of carbonyl (C=O) groups excluding carboxylic acids is 1. The normalized spacial score (nSPS) is 13.8. The van der Waals surface area contributed by atoms with Crippen molar-refractivity contribution in [1.29, 1.82) is 0 Å². The maximum Gasteiger partial charge on any atom is 0.303 e. The van der Waals surface area contributed by atoms with E-state index in [4.69, 9.17) is 4.74 Å². The van der Waals surface area contributed by atoms with E-state index in [2.05, 4.69) is 6.58 Å². The molecule has 0 bridgehead atoms. The standard InChI is InChI=1S/C19H20O4S/c1-4-18(24(21,22)17-12-10-14(2)11-13-17)19(23-15(3)20)16-8-6-5-7-9-16/h4-13,18-19H,1H2,2-3H3/t18-,19+/m0/s1. The number of hydrogen-bond donors (Lipinski definition) is 0. The van der Waals surface area contributed by atoms with E-state index in [1.807, 2.05) is 13.0 Å². The minimum atomic E-state index is -3.76. The van der Waals surface area contributed by atoms with Crippen LogP contribution in [0.2, 0.25) is 0 Å². The van der Waals surface area contributed by atoms with Crippen LogP contribution in [0.1, 0.15) is 24.2 Å². The van der Waals surface area contributed by atoms with E-state index in [-0.39, 0.29) is 4.90 Å². The van der Waals surface area contributed by atoms with E-state index in [1.54, 1.807) is 48.5 Å². The van der Waals surface area contributed by atoms with Crippen molar-refractivity contribution in [3.63, 3.8) is 0 Å². The Labute approximate surface area is 142 Å². The van der Waals surface area contributed by atoms with Crippen molar-refractivity contribution in [2.45, 2.75) is 30.1 Å². The second-order valence-electron chi connectivity index (χ2n) is 5.50. The van der Waals surface area contributed by atoms with Gasteiger partial charge in [0.2, 0.25) is 0 Å².